The lowest BCUT2D eigenvalue weighted by Crippen LogP contribution is -2.48. The highest BCUT2D eigenvalue weighted by Crippen LogP contribution is 2.22. The molecule has 1 fully saturated rings. The second-order valence-corrected chi connectivity index (χ2v) is 5.55. The van der Waals surface area contributed by atoms with Gasteiger partial charge in [-0.25, -0.2) is 0 Å². The fourth-order valence-electron chi connectivity index (χ4n) is 2.65. The number of carbonyl (C=O) groups is 2. The number of likely N-dealkylation sites (tertiary alicyclic amines) is 1. The van der Waals surface area contributed by atoms with Gasteiger partial charge in [0.2, 0.25) is 11.8 Å². The van der Waals surface area contributed by atoms with Crippen LogP contribution in [-0.4, -0.2) is 29.3 Å². The predicted molar refractivity (Wildman–Crippen MR) is 83.3 cm³/mol. The van der Waals surface area contributed by atoms with E-state index in [0.29, 0.717) is 17.7 Å². The highest BCUT2D eigenvalue weighted by atomic mass is 16.2. The largest absolute Gasteiger partial charge is 0.369 e. The van der Waals surface area contributed by atoms with E-state index < -0.39 is 0 Å². The first-order valence-corrected chi connectivity index (χ1v) is 7.30. The van der Waals surface area contributed by atoms with Gasteiger partial charge in [-0.15, -0.1) is 0 Å². The molecule has 5 heteroatoms. The van der Waals surface area contributed by atoms with Crippen molar-refractivity contribution in [3.05, 3.63) is 41.5 Å². The van der Waals surface area contributed by atoms with Crippen molar-refractivity contribution in [1.29, 1.82) is 5.26 Å². The summed E-state index contributed by atoms with van der Waals surface area (Å²) in [5.41, 5.74) is 6.57. The number of primary amides is 1. The van der Waals surface area contributed by atoms with Crippen LogP contribution in [0.3, 0.4) is 0 Å². The van der Waals surface area contributed by atoms with Gasteiger partial charge >= 0.3 is 0 Å². The number of amides is 2. The fourth-order valence-corrected chi connectivity index (χ4v) is 2.65. The SMILES string of the molecule is C[C@@H]1CC[C@@H](C(N)=O)CN1C(=O)/C=C\c1ccccc1C#N. The Bertz CT molecular complexity index is 646. The predicted octanol–water partition coefficient (Wildman–Crippen LogP) is 1.68. The van der Waals surface area contributed by atoms with Crippen molar-refractivity contribution in [2.24, 2.45) is 11.7 Å². The van der Waals surface area contributed by atoms with E-state index in [2.05, 4.69) is 6.07 Å². The van der Waals surface area contributed by atoms with Gasteiger partial charge in [-0.1, -0.05) is 18.2 Å². The molecule has 2 rings (SSSR count). The van der Waals surface area contributed by atoms with Crippen molar-refractivity contribution < 1.29 is 9.59 Å². The topological polar surface area (TPSA) is 87.2 Å². The van der Waals surface area contributed by atoms with E-state index in [-0.39, 0.29) is 23.8 Å². The average molecular weight is 297 g/mol. The highest BCUT2D eigenvalue weighted by molar-refractivity contribution is 5.93. The second-order valence-electron chi connectivity index (χ2n) is 5.55. The van der Waals surface area contributed by atoms with E-state index in [4.69, 9.17) is 11.0 Å². The number of nitrogens with two attached hydrogens (primary N) is 1. The average Bonchev–Trinajstić information content (AvgIpc) is 2.53. The Kier molecular flexibility index (Phi) is 4.95. The Morgan fingerprint density at radius 1 is 1.36 bits per heavy atom. The summed E-state index contributed by atoms with van der Waals surface area (Å²) in [6, 6.07) is 9.26. The molecule has 1 aliphatic heterocycles. The molecular weight excluding hydrogens is 278 g/mol. The van der Waals surface area contributed by atoms with Crippen LogP contribution in [0.4, 0.5) is 0 Å². The van der Waals surface area contributed by atoms with Crippen LogP contribution < -0.4 is 5.73 Å². The molecule has 0 bridgehead atoms. The minimum Gasteiger partial charge on any atom is -0.369 e. The third kappa shape index (κ3) is 3.53. The summed E-state index contributed by atoms with van der Waals surface area (Å²) in [6.07, 6.45) is 4.58. The first kappa shape index (κ1) is 15.8. The maximum Gasteiger partial charge on any atom is 0.246 e. The second kappa shape index (κ2) is 6.90. The van der Waals surface area contributed by atoms with E-state index in [1.807, 2.05) is 13.0 Å². The first-order chi connectivity index (χ1) is 10.5. The zero-order valence-electron chi connectivity index (χ0n) is 12.5. The molecule has 2 amide bonds. The number of nitriles is 1. The summed E-state index contributed by atoms with van der Waals surface area (Å²) in [6.45, 7) is 2.33. The quantitative estimate of drug-likeness (QED) is 0.861. The zero-order chi connectivity index (χ0) is 16.1. The summed E-state index contributed by atoms with van der Waals surface area (Å²) in [5, 5.41) is 9.04. The Morgan fingerprint density at radius 3 is 2.77 bits per heavy atom. The molecule has 0 saturated carbocycles. The molecule has 2 atom stereocenters. The molecule has 0 spiro atoms. The maximum absolute atomic E-state index is 12.4. The van der Waals surface area contributed by atoms with Gasteiger partial charge in [0, 0.05) is 18.7 Å². The number of rotatable bonds is 3. The summed E-state index contributed by atoms with van der Waals surface area (Å²) < 4.78 is 0. The summed E-state index contributed by atoms with van der Waals surface area (Å²) in [5.74, 6) is -0.797. The molecular formula is C17H19N3O2. The number of benzene rings is 1. The van der Waals surface area contributed by atoms with E-state index in [9.17, 15) is 9.59 Å². The molecule has 5 nitrogen and oxygen atoms in total. The van der Waals surface area contributed by atoms with Crippen molar-refractivity contribution in [2.45, 2.75) is 25.8 Å². The van der Waals surface area contributed by atoms with Crippen LogP contribution >= 0.6 is 0 Å². The van der Waals surface area contributed by atoms with E-state index in [0.717, 1.165) is 12.8 Å². The Morgan fingerprint density at radius 2 is 2.09 bits per heavy atom. The molecule has 0 unspecified atom stereocenters. The van der Waals surface area contributed by atoms with Crippen LogP contribution in [0.25, 0.3) is 6.08 Å². The van der Waals surface area contributed by atoms with Gasteiger partial charge in [-0.05, 0) is 37.5 Å². The Hall–Kier alpha value is -2.61. The van der Waals surface area contributed by atoms with Crippen molar-refractivity contribution in [3.63, 3.8) is 0 Å². The van der Waals surface area contributed by atoms with Gasteiger partial charge in [0.1, 0.15) is 0 Å². The molecule has 1 saturated heterocycles. The van der Waals surface area contributed by atoms with Crippen LogP contribution in [0, 0.1) is 17.2 Å². The van der Waals surface area contributed by atoms with Crippen LogP contribution in [-0.2, 0) is 9.59 Å². The lowest BCUT2D eigenvalue weighted by Gasteiger charge is -2.36. The van der Waals surface area contributed by atoms with Gasteiger partial charge in [-0.3, -0.25) is 9.59 Å². The van der Waals surface area contributed by atoms with Crippen molar-refractivity contribution >= 4 is 17.9 Å². The summed E-state index contributed by atoms with van der Waals surface area (Å²) >= 11 is 0. The standard InChI is InChI=1S/C17H19N3O2/c1-12-6-7-15(17(19)22)11-20(12)16(21)9-8-13-4-2-3-5-14(13)10-18/h2-5,8-9,12,15H,6-7,11H2,1H3,(H2,19,22)/b9-8-/t12-,15-/m1/s1. The molecule has 114 valence electrons. The van der Waals surface area contributed by atoms with Crippen molar-refractivity contribution in [2.75, 3.05) is 6.54 Å². The monoisotopic (exact) mass is 297 g/mol. The first-order valence-electron chi connectivity index (χ1n) is 7.30. The van der Waals surface area contributed by atoms with Gasteiger partial charge in [0.05, 0.1) is 17.6 Å². The van der Waals surface area contributed by atoms with Crippen LogP contribution in [0.5, 0.6) is 0 Å². The number of piperidine rings is 1. The summed E-state index contributed by atoms with van der Waals surface area (Å²) in [7, 11) is 0. The van der Waals surface area contributed by atoms with Crippen molar-refractivity contribution in [3.8, 4) is 6.07 Å². The van der Waals surface area contributed by atoms with Gasteiger partial charge in [0.25, 0.3) is 0 Å². The van der Waals surface area contributed by atoms with E-state index in [1.54, 1.807) is 29.2 Å². The normalized spacial score (nSPS) is 21.5. The zero-order valence-corrected chi connectivity index (χ0v) is 12.5. The maximum atomic E-state index is 12.4. The minimum atomic E-state index is -0.358. The van der Waals surface area contributed by atoms with Crippen molar-refractivity contribution in [1.82, 2.24) is 4.90 Å². The third-order valence-corrected chi connectivity index (χ3v) is 4.05. The number of nitrogens with zero attached hydrogens (tertiary/aromatic N) is 2. The molecule has 1 aromatic carbocycles. The third-order valence-electron chi connectivity index (χ3n) is 4.05. The van der Waals surface area contributed by atoms with Gasteiger partial charge in [0.15, 0.2) is 0 Å². The molecule has 2 N–H and O–H groups in total. The Balaban J connectivity index is 2.12. The molecule has 0 radical (unpaired) electrons. The van der Waals surface area contributed by atoms with Crippen LogP contribution in [0.1, 0.15) is 30.9 Å². The molecule has 1 heterocycles. The lowest BCUT2D eigenvalue weighted by atomic mass is 9.93. The smallest absolute Gasteiger partial charge is 0.246 e. The highest BCUT2D eigenvalue weighted by Gasteiger charge is 2.30. The Labute approximate surface area is 130 Å². The van der Waals surface area contributed by atoms with Crippen LogP contribution in [0.2, 0.25) is 0 Å². The molecule has 0 aromatic heterocycles. The van der Waals surface area contributed by atoms with Gasteiger partial charge < -0.3 is 10.6 Å². The molecule has 0 aliphatic carbocycles. The molecule has 1 aliphatic rings. The van der Waals surface area contributed by atoms with Gasteiger partial charge in [-0.2, -0.15) is 5.26 Å². The number of hydrogen-bond acceptors (Lipinski definition) is 3. The number of carbonyl (C=O) groups excluding carboxylic acids is 2. The van der Waals surface area contributed by atoms with E-state index in [1.165, 1.54) is 6.08 Å². The minimum absolute atomic E-state index is 0.0824. The molecule has 22 heavy (non-hydrogen) atoms. The lowest BCUT2D eigenvalue weighted by molar-refractivity contribution is -0.133. The molecule has 1 aromatic rings. The number of hydrogen-bond donors (Lipinski definition) is 1. The fraction of sp³-hybridized carbons (Fsp3) is 0.353. The summed E-state index contributed by atoms with van der Waals surface area (Å²) in [4.78, 5) is 25.3. The van der Waals surface area contributed by atoms with Crippen LogP contribution in [0.15, 0.2) is 30.3 Å². The van der Waals surface area contributed by atoms with E-state index >= 15 is 0 Å².